The van der Waals surface area contributed by atoms with Crippen LogP contribution in [0.5, 0.6) is 0 Å². The van der Waals surface area contributed by atoms with E-state index < -0.39 is 36.0 Å². The average Bonchev–Trinajstić information content (AvgIpc) is 3.29. The Kier molecular flexibility index (Phi) is 9.78. The topological polar surface area (TPSA) is 106 Å². The summed E-state index contributed by atoms with van der Waals surface area (Å²) in [6, 6.07) is -0.855. The molecule has 0 spiro atoms. The van der Waals surface area contributed by atoms with Crippen molar-refractivity contribution in [2.24, 2.45) is 5.41 Å². The molecule has 10 heteroatoms. The van der Waals surface area contributed by atoms with E-state index in [9.17, 15) is 14.4 Å². The summed E-state index contributed by atoms with van der Waals surface area (Å²) in [5.74, 6) is -0.779. The third-order valence-electron chi connectivity index (χ3n) is 7.55. The first-order chi connectivity index (χ1) is 16.7. The standard InChI is InChI=1S/C27H50BN3O6/c1-18(32)29-20(22(33)30-25(5,6)7)16-19(35-23(34)31-14-12-13-15-31)17-21(24(2,3)4)28-36-26(8,9)27(10,11)37-28/h19-21H,12-17H2,1-11H3,(H,29,32)(H,30,33)/t19-,20?,21?/m0/s1. The van der Waals surface area contributed by atoms with Gasteiger partial charge in [0.25, 0.3) is 0 Å². The summed E-state index contributed by atoms with van der Waals surface area (Å²) in [4.78, 5) is 40.0. The van der Waals surface area contributed by atoms with Gasteiger partial charge in [0.05, 0.1) is 11.2 Å². The molecule has 2 saturated heterocycles. The van der Waals surface area contributed by atoms with Gasteiger partial charge in [-0.1, -0.05) is 20.8 Å². The molecular formula is C27H50BN3O6. The summed E-state index contributed by atoms with van der Waals surface area (Å²) < 4.78 is 18.9. The highest BCUT2D eigenvalue weighted by atomic mass is 16.7. The number of amides is 3. The van der Waals surface area contributed by atoms with Crippen LogP contribution in [0.3, 0.4) is 0 Å². The Morgan fingerprint density at radius 3 is 1.89 bits per heavy atom. The van der Waals surface area contributed by atoms with E-state index in [0.29, 0.717) is 19.5 Å². The van der Waals surface area contributed by atoms with Crippen LogP contribution in [0.15, 0.2) is 0 Å². The molecule has 2 heterocycles. The highest BCUT2D eigenvalue weighted by molar-refractivity contribution is 6.47. The highest BCUT2D eigenvalue weighted by Crippen LogP contribution is 2.47. The van der Waals surface area contributed by atoms with E-state index in [1.165, 1.54) is 6.92 Å². The molecule has 0 aromatic heterocycles. The summed E-state index contributed by atoms with van der Waals surface area (Å²) in [6.45, 7) is 22.7. The van der Waals surface area contributed by atoms with Gasteiger partial charge in [-0.2, -0.15) is 0 Å². The van der Waals surface area contributed by atoms with Gasteiger partial charge < -0.3 is 29.6 Å². The van der Waals surface area contributed by atoms with Crippen LogP contribution in [0.25, 0.3) is 0 Å². The Morgan fingerprint density at radius 1 is 0.946 bits per heavy atom. The lowest BCUT2D eigenvalue weighted by molar-refractivity contribution is -0.130. The summed E-state index contributed by atoms with van der Waals surface area (Å²) >= 11 is 0. The molecule has 0 aromatic rings. The normalized spacial score (nSPS) is 21.8. The largest absolute Gasteiger partial charge is 0.461 e. The fourth-order valence-corrected chi connectivity index (χ4v) is 4.71. The molecule has 212 valence electrons. The molecule has 3 atom stereocenters. The minimum absolute atomic E-state index is 0.145. The third kappa shape index (κ3) is 8.88. The molecule has 0 aromatic carbocycles. The number of ether oxygens (including phenoxy) is 1. The van der Waals surface area contributed by atoms with Gasteiger partial charge >= 0.3 is 13.2 Å². The van der Waals surface area contributed by atoms with E-state index in [0.717, 1.165) is 12.8 Å². The van der Waals surface area contributed by atoms with Gasteiger partial charge in [0.1, 0.15) is 12.1 Å². The fraction of sp³-hybridized carbons (Fsp3) is 0.889. The Hall–Kier alpha value is -1.81. The van der Waals surface area contributed by atoms with E-state index in [1.807, 2.05) is 48.5 Å². The van der Waals surface area contributed by atoms with Gasteiger partial charge in [0.2, 0.25) is 11.8 Å². The van der Waals surface area contributed by atoms with Crippen molar-refractivity contribution in [2.75, 3.05) is 13.1 Å². The third-order valence-corrected chi connectivity index (χ3v) is 7.55. The highest BCUT2D eigenvalue weighted by Gasteiger charge is 2.56. The number of hydrogen-bond donors (Lipinski definition) is 2. The Bertz CT molecular complexity index is 811. The van der Waals surface area contributed by atoms with Crippen molar-refractivity contribution in [1.29, 1.82) is 0 Å². The number of carbonyl (C=O) groups excluding carboxylic acids is 3. The first-order valence-electron chi connectivity index (χ1n) is 13.6. The molecule has 2 aliphatic rings. The van der Waals surface area contributed by atoms with Gasteiger partial charge in [-0.05, 0) is 73.1 Å². The Balaban J connectivity index is 2.35. The number of hydrogen-bond acceptors (Lipinski definition) is 6. The number of nitrogens with zero attached hydrogens (tertiary/aromatic N) is 1. The van der Waals surface area contributed by atoms with Crippen LogP contribution in [0.2, 0.25) is 5.82 Å². The predicted octanol–water partition coefficient (Wildman–Crippen LogP) is 4.30. The second kappa shape index (κ2) is 11.5. The van der Waals surface area contributed by atoms with Crippen molar-refractivity contribution < 1.29 is 28.4 Å². The van der Waals surface area contributed by atoms with E-state index >= 15 is 0 Å². The second-order valence-electron chi connectivity index (χ2n) is 13.8. The zero-order valence-corrected chi connectivity index (χ0v) is 24.9. The Morgan fingerprint density at radius 2 is 1.46 bits per heavy atom. The zero-order chi connectivity index (χ0) is 28.4. The monoisotopic (exact) mass is 523 g/mol. The molecule has 0 radical (unpaired) electrons. The molecule has 2 aliphatic heterocycles. The van der Waals surface area contributed by atoms with E-state index in [4.69, 9.17) is 14.0 Å². The van der Waals surface area contributed by atoms with E-state index in [1.54, 1.807) is 4.90 Å². The minimum atomic E-state index is -0.855. The molecule has 0 saturated carbocycles. The van der Waals surface area contributed by atoms with Crippen molar-refractivity contribution in [3.8, 4) is 0 Å². The van der Waals surface area contributed by atoms with Gasteiger partial charge in [-0.15, -0.1) is 0 Å². The molecule has 0 aliphatic carbocycles. The SMILES string of the molecule is CC(=O)NC(C[C@@H](CC(B1OC(C)(C)C(C)(C)O1)C(C)(C)C)OC(=O)N1CCCC1)C(=O)NC(C)(C)C. The summed E-state index contributed by atoms with van der Waals surface area (Å²) in [7, 11) is -0.513. The van der Waals surface area contributed by atoms with Gasteiger partial charge in [0, 0.05) is 37.8 Å². The minimum Gasteiger partial charge on any atom is -0.446 e. The quantitative estimate of drug-likeness (QED) is 0.460. The van der Waals surface area contributed by atoms with Crippen LogP contribution in [0, 0.1) is 5.41 Å². The number of carbonyl (C=O) groups is 3. The lowest BCUT2D eigenvalue weighted by atomic mass is 9.57. The maximum atomic E-state index is 13.2. The zero-order valence-electron chi connectivity index (χ0n) is 24.9. The maximum absolute atomic E-state index is 13.2. The molecule has 9 nitrogen and oxygen atoms in total. The van der Waals surface area contributed by atoms with Gasteiger partial charge in [-0.25, -0.2) is 4.79 Å². The second-order valence-corrected chi connectivity index (χ2v) is 13.8. The van der Waals surface area contributed by atoms with E-state index in [-0.39, 0.29) is 35.6 Å². The molecule has 37 heavy (non-hydrogen) atoms. The van der Waals surface area contributed by atoms with Crippen molar-refractivity contribution in [3.05, 3.63) is 0 Å². The lowest BCUT2D eigenvalue weighted by Crippen LogP contribution is -2.53. The first-order valence-corrected chi connectivity index (χ1v) is 13.6. The van der Waals surface area contributed by atoms with E-state index in [2.05, 4.69) is 31.4 Å². The molecule has 0 bridgehead atoms. The first kappa shape index (κ1) is 31.4. The van der Waals surface area contributed by atoms with Crippen molar-refractivity contribution in [3.63, 3.8) is 0 Å². The van der Waals surface area contributed by atoms with Gasteiger partial charge in [-0.3, -0.25) is 9.59 Å². The van der Waals surface area contributed by atoms with Crippen LogP contribution < -0.4 is 10.6 Å². The molecular weight excluding hydrogens is 473 g/mol. The summed E-state index contributed by atoms with van der Waals surface area (Å²) in [6.07, 6.45) is 1.42. The predicted molar refractivity (Wildman–Crippen MR) is 145 cm³/mol. The van der Waals surface area contributed by atoms with Crippen LogP contribution in [0.4, 0.5) is 4.79 Å². The smallest absolute Gasteiger partial charge is 0.446 e. The number of nitrogens with one attached hydrogen (secondary N) is 2. The summed E-state index contributed by atoms with van der Waals surface area (Å²) in [5, 5.41) is 5.71. The van der Waals surface area contributed by atoms with Crippen LogP contribution in [-0.4, -0.2) is 71.9 Å². The Labute approximate surface area is 224 Å². The maximum Gasteiger partial charge on any atom is 0.461 e. The molecule has 2 unspecified atom stereocenters. The fourth-order valence-electron chi connectivity index (χ4n) is 4.71. The number of rotatable bonds is 8. The van der Waals surface area contributed by atoms with Crippen LogP contribution in [-0.2, 0) is 23.6 Å². The number of likely N-dealkylation sites (tertiary alicyclic amines) is 1. The molecule has 2 rings (SSSR count). The average molecular weight is 524 g/mol. The van der Waals surface area contributed by atoms with Crippen molar-refractivity contribution in [1.82, 2.24) is 15.5 Å². The summed E-state index contributed by atoms with van der Waals surface area (Å²) in [5.41, 5.74) is -1.74. The molecule has 2 N–H and O–H groups in total. The van der Waals surface area contributed by atoms with Gasteiger partial charge in [0.15, 0.2) is 0 Å². The van der Waals surface area contributed by atoms with Crippen LogP contribution in [0.1, 0.15) is 102 Å². The molecule has 2 fully saturated rings. The van der Waals surface area contributed by atoms with Crippen LogP contribution >= 0.6 is 0 Å². The van der Waals surface area contributed by atoms with Crippen molar-refractivity contribution >= 4 is 25.0 Å². The van der Waals surface area contributed by atoms with Crippen molar-refractivity contribution in [2.45, 2.75) is 137 Å². The molecule has 3 amide bonds. The lowest BCUT2D eigenvalue weighted by Gasteiger charge is -2.36.